The Bertz CT molecular complexity index is 601. The van der Waals surface area contributed by atoms with Crippen LogP contribution in [0.3, 0.4) is 0 Å². The average Bonchev–Trinajstić information content (AvgIpc) is 2.68. The van der Waals surface area contributed by atoms with E-state index in [0.29, 0.717) is 43.2 Å². The molecule has 7 nitrogen and oxygen atoms in total. The Kier molecular flexibility index (Phi) is 7.12. The van der Waals surface area contributed by atoms with E-state index in [1.54, 1.807) is 37.3 Å². The molecule has 1 fully saturated rings. The van der Waals surface area contributed by atoms with E-state index in [9.17, 15) is 9.59 Å². The van der Waals surface area contributed by atoms with Crippen molar-refractivity contribution in [2.75, 3.05) is 40.4 Å². The quantitative estimate of drug-likeness (QED) is 0.842. The first-order valence-corrected chi connectivity index (χ1v) is 9.10. The van der Waals surface area contributed by atoms with Crippen LogP contribution in [-0.4, -0.2) is 68.2 Å². The molecule has 0 atom stereocenters. The molecule has 3 amide bonds. The Labute approximate surface area is 155 Å². The largest absolute Gasteiger partial charge is 0.497 e. The number of carbonyl (C=O) groups is 2. The number of carbonyl (C=O) groups excluding carboxylic acids is 2. The first-order chi connectivity index (χ1) is 12.5. The molecule has 1 aliphatic heterocycles. The number of benzene rings is 1. The number of nitrogens with zero attached hydrogens (tertiary/aromatic N) is 2. The standard InChI is InChI=1S/C19H29N3O4/c1-5-21(6-2)19(24)20-15-7-9-22(10-8-15)18(23)14-11-16(25-3)13-17(12-14)26-4/h11-13,15H,5-10H2,1-4H3,(H,20,24). The van der Waals surface area contributed by atoms with Crippen LogP contribution >= 0.6 is 0 Å². The molecule has 1 saturated heterocycles. The lowest BCUT2D eigenvalue weighted by Gasteiger charge is -2.33. The topological polar surface area (TPSA) is 71.1 Å². The molecule has 0 saturated carbocycles. The molecule has 26 heavy (non-hydrogen) atoms. The number of nitrogens with one attached hydrogen (secondary N) is 1. The maximum atomic E-state index is 12.8. The molecular weight excluding hydrogens is 334 g/mol. The van der Waals surface area contributed by atoms with E-state index in [2.05, 4.69) is 5.32 Å². The third kappa shape index (κ3) is 4.80. The number of urea groups is 1. The number of amides is 3. The molecule has 0 bridgehead atoms. The predicted octanol–water partition coefficient (Wildman–Crippen LogP) is 2.36. The molecule has 1 aromatic rings. The third-order valence-corrected chi connectivity index (χ3v) is 4.76. The molecule has 0 aromatic heterocycles. The lowest BCUT2D eigenvalue weighted by molar-refractivity contribution is 0.0706. The summed E-state index contributed by atoms with van der Waals surface area (Å²) in [5, 5.41) is 3.07. The predicted molar refractivity (Wildman–Crippen MR) is 99.9 cm³/mol. The smallest absolute Gasteiger partial charge is 0.317 e. The van der Waals surface area contributed by atoms with Gasteiger partial charge >= 0.3 is 6.03 Å². The van der Waals surface area contributed by atoms with Gasteiger partial charge in [-0.1, -0.05) is 0 Å². The van der Waals surface area contributed by atoms with Gasteiger partial charge in [0.05, 0.1) is 14.2 Å². The van der Waals surface area contributed by atoms with Gasteiger partial charge in [-0.25, -0.2) is 4.79 Å². The monoisotopic (exact) mass is 363 g/mol. The fourth-order valence-corrected chi connectivity index (χ4v) is 3.12. The van der Waals surface area contributed by atoms with Crippen LogP contribution in [0, 0.1) is 0 Å². The summed E-state index contributed by atoms with van der Waals surface area (Å²) in [6.45, 7) is 6.54. The molecule has 0 radical (unpaired) electrons. The van der Waals surface area contributed by atoms with Gasteiger partial charge in [-0.05, 0) is 38.8 Å². The first-order valence-electron chi connectivity index (χ1n) is 9.10. The molecule has 1 aromatic carbocycles. The second-order valence-electron chi connectivity index (χ2n) is 6.29. The zero-order chi connectivity index (χ0) is 19.1. The second-order valence-corrected chi connectivity index (χ2v) is 6.29. The number of hydrogen-bond donors (Lipinski definition) is 1. The van der Waals surface area contributed by atoms with Gasteiger partial charge < -0.3 is 24.6 Å². The summed E-state index contributed by atoms with van der Waals surface area (Å²) in [6.07, 6.45) is 1.50. The van der Waals surface area contributed by atoms with E-state index in [0.717, 1.165) is 12.8 Å². The van der Waals surface area contributed by atoms with E-state index < -0.39 is 0 Å². The molecule has 1 heterocycles. The molecule has 7 heteroatoms. The lowest BCUT2D eigenvalue weighted by atomic mass is 10.0. The molecule has 144 valence electrons. The van der Waals surface area contributed by atoms with Gasteiger partial charge in [0, 0.05) is 43.9 Å². The SMILES string of the molecule is CCN(CC)C(=O)NC1CCN(C(=O)c2cc(OC)cc(OC)c2)CC1. The van der Waals surface area contributed by atoms with Crippen LogP contribution < -0.4 is 14.8 Å². The molecule has 0 unspecified atom stereocenters. The van der Waals surface area contributed by atoms with E-state index in [1.807, 2.05) is 18.7 Å². The second kappa shape index (κ2) is 9.31. The number of likely N-dealkylation sites (tertiary alicyclic amines) is 1. The number of piperidine rings is 1. The van der Waals surface area contributed by atoms with Crippen molar-refractivity contribution in [2.45, 2.75) is 32.7 Å². The zero-order valence-corrected chi connectivity index (χ0v) is 16.1. The first kappa shape index (κ1) is 19.9. The minimum atomic E-state index is -0.0456. The summed E-state index contributed by atoms with van der Waals surface area (Å²) < 4.78 is 10.5. The normalized spacial score (nSPS) is 14.7. The maximum Gasteiger partial charge on any atom is 0.317 e. The number of hydrogen-bond acceptors (Lipinski definition) is 4. The Hall–Kier alpha value is -2.44. The van der Waals surface area contributed by atoms with Gasteiger partial charge in [0.25, 0.3) is 5.91 Å². The molecule has 1 N–H and O–H groups in total. The van der Waals surface area contributed by atoms with Crippen molar-refractivity contribution in [3.63, 3.8) is 0 Å². The van der Waals surface area contributed by atoms with E-state index in [-0.39, 0.29) is 18.0 Å². The fourth-order valence-electron chi connectivity index (χ4n) is 3.12. The minimum absolute atomic E-state index is 0.0303. The van der Waals surface area contributed by atoms with Crippen LogP contribution in [0.5, 0.6) is 11.5 Å². The van der Waals surface area contributed by atoms with Crippen molar-refractivity contribution in [3.8, 4) is 11.5 Å². The van der Waals surface area contributed by atoms with Gasteiger partial charge in [-0.15, -0.1) is 0 Å². The van der Waals surface area contributed by atoms with Crippen molar-refractivity contribution < 1.29 is 19.1 Å². The van der Waals surface area contributed by atoms with Crippen LogP contribution in [-0.2, 0) is 0 Å². The van der Waals surface area contributed by atoms with Crippen LogP contribution in [0.25, 0.3) is 0 Å². The number of rotatable bonds is 6. The van der Waals surface area contributed by atoms with Gasteiger partial charge in [0.2, 0.25) is 0 Å². The molecule has 0 spiro atoms. The highest BCUT2D eigenvalue weighted by molar-refractivity contribution is 5.95. The third-order valence-electron chi connectivity index (χ3n) is 4.76. The molecule has 2 rings (SSSR count). The highest BCUT2D eigenvalue weighted by Crippen LogP contribution is 2.24. The Balaban J connectivity index is 1.95. The number of ether oxygens (including phenoxy) is 2. The van der Waals surface area contributed by atoms with Crippen LogP contribution in [0.15, 0.2) is 18.2 Å². The van der Waals surface area contributed by atoms with Gasteiger partial charge in [-0.3, -0.25) is 4.79 Å². The minimum Gasteiger partial charge on any atom is -0.497 e. The summed E-state index contributed by atoms with van der Waals surface area (Å²) in [5.74, 6) is 1.14. The average molecular weight is 363 g/mol. The summed E-state index contributed by atoms with van der Waals surface area (Å²) in [5.41, 5.74) is 0.548. The van der Waals surface area contributed by atoms with Crippen LogP contribution in [0.1, 0.15) is 37.0 Å². The van der Waals surface area contributed by atoms with E-state index in [4.69, 9.17) is 9.47 Å². The van der Waals surface area contributed by atoms with Crippen molar-refractivity contribution in [1.29, 1.82) is 0 Å². The summed E-state index contributed by atoms with van der Waals surface area (Å²) in [7, 11) is 3.13. The van der Waals surface area contributed by atoms with Gasteiger partial charge in [-0.2, -0.15) is 0 Å². The van der Waals surface area contributed by atoms with Gasteiger partial charge in [0.1, 0.15) is 11.5 Å². The lowest BCUT2D eigenvalue weighted by Crippen LogP contribution is -2.50. The van der Waals surface area contributed by atoms with Crippen molar-refractivity contribution in [3.05, 3.63) is 23.8 Å². The van der Waals surface area contributed by atoms with Crippen molar-refractivity contribution in [2.24, 2.45) is 0 Å². The van der Waals surface area contributed by atoms with E-state index in [1.165, 1.54) is 0 Å². The molecule has 1 aliphatic rings. The van der Waals surface area contributed by atoms with Crippen LogP contribution in [0.2, 0.25) is 0 Å². The van der Waals surface area contributed by atoms with Crippen LogP contribution in [0.4, 0.5) is 4.79 Å². The summed E-state index contributed by atoms with van der Waals surface area (Å²) in [6, 6.07) is 5.26. The highest BCUT2D eigenvalue weighted by atomic mass is 16.5. The van der Waals surface area contributed by atoms with Gasteiger partial charge in [0.15, 0.2) is 0 Å². The summed E-state index contributed by atoms with van der Waals surface area (Å²) in [4.78, 5) is 28.5. The zero-order valence-electron chi connectivity index (χ0n) is 16.1. The van der Waals surface area contributed by atoms with Crippen molar-refractivity contribution >= 4 is 11.9 Å². The Morgan fingerprint density at radius 3 is 2.08 bits per heavy atom. The Morgan fingerprint density at radius 2 is 1.62 bits per heavy atom. The summed E-state index contributed by atoms with van der Waals surface area (Å²) >= 11 is 0. The number of methoxy groups -OCH3 is 2. The molecule has 0 aliphatic carbocycles. The van der Waals surface area contributed by atoms with Crippen molar-refractivity contribution in [1.82, 2.24) is 15.1 Å². The highest BCUT2D eigenvalue weighted by Gasteiger charge is 2.26. The van der Waals surface area contributed by atoms with E-state index >= 15 is 0 Å². The maximum absolute atomic E-state index is 12.8. The molecular formula is C19H29N3O4. The fraction of sp³-hybridized carbons (Fsp3) is 0.579. The Morgan fingerprint density at radius 1 is 1.08 bits per heavy atom.